The Hall–Kier alpha value is -1.58. The van der Waals surface area contributed by atoms with Gasteiger partial charge in [0.15, 0.2) is 5.16 Å². The van der Waals surface area contributed by atoms with Gasteiger partial charge in [-0.1, -0.05) is 11.8 Å². The topological polar surface area (TPSA) is 104 Å². The molecule has 3 rings (SSSR count). The van der Waals surface area contributed by atoms with Crippen LogP contribution < -0.4 is 5.14 Å². The first-order valence-corrected chi connectivity index (χ1v) is 9.62. The molecule has 2 heterocycles. The van der Waals surface area contributed by atoms with Gasteiger partial charge in [-0.2, -0.15) is 0 Å². The van der Waals surface area contributed by atoms with Crippen LogP contribution in [0.3, 0.4) is 0 Å². The number of ether oxygens (including phenoxy) is 1. The van der Waals surface area contributed by atoms with Gasteiger partial charge in [0.05, 0.1) is 15.9 Å². The predicted octanol–water partition coefficient (Wildman–Crippen LogP) is 1.50. The first-order chi connectivity index (χ1) is 10.8. The molecule has 0 spiro atoms. The molecule has 2 aromatic rings. The van der Waals surface area contributed by atoms with Gasteiger partial charge in [0.2, 0.25) is 10.0 Å². The molecule has 0 unspecified atom stereocenters. The number of aromatic nitrogens is 2. The summed E-state index contributed by atoms with van der Waals surface area (Å²) in [5.41, 5.74) is 1.35. The van der Waals surface area contributed by atoms with Crippen molar-refractivity contribution in [3.8, 4) is 0 Å². The van der Waals surface area contributed by atoms with Crippen LogP contribution in [0.25, 0.3) is 11.0 Å². The van der Waals surface area contributed by atoms with E-state index in [-0.39, 0.29) is 22.2 Å². The molecular weight excluding hydrogens is 338 g/mol. The highest BCUT2D eigenvalue weighted by Crippen LogP contribution is 2.34. The molecule has 1 aliphatic rings. The van der Waals surface area contributed by atoms with Crippen LogP contribution in [-0.2, 0) is 26.1 Å². The highest BCUT2D eigenvalue weighted by atomic mass is 32.2. The van der Waals surface area contributed by atoms with E-state index in [2.05, 4.69) is 4.98 Å². The van der Waals surface area contributed by atoms with Crippen LogP contribution in [0, 0.1) is 0 Å². The van der Waals surface area contributed by atoms with Gasteiger partial charge in [-0.15, -0.1) is 0 Å². The first-order valence-electron chi connectivity index (χ1n) is 7.20. The second-order valence-corrected chi connectivity index (χ2v) is 8.16. The summed E-state index contributed by atoms with van der Waals surface area (Å²) in [7, 11) is -3.77. The van der Waals surface area contributed by atoms with Crippen molar-refractivity contribution >= 4 is 38.8 Å². The normalized spacial score (nSPS) is 21.8. The van der Waals surface area contributed by atoms with Crippen molar-refractivity contribution in [2.24, 2.45) is 5.14 Å². The minimum Gasteiger partial charge on any atom is -0.462 e. The summed E-state index contributed by atoms with van der Waals surface area (Å²) >= 11 is 1.35. The molecule has 2 atom stereocenters. The van der Waals surface area contributed by atoms with Crippen LogP contribution in [0.1, 0.15) is 20.3 Å². The fraction of sp³-hybridized carbons (Fsp3) is 0.429. The predicted molar refractivity (Wildman–Crippen MR) is 86.6 cm³/mol. The standard InChI is InChI=1S/C14H17N3O4S2/c1-3-17-11-5-4-9(23(15,19)20)7-10(11)16-14(17)22-12-6-8(2)21-13(12)18/h4-5,7-8,12H,3,6H2,1-2H3,(H2,15,19,20)/t8-,12+/m0/s1. The molecular formula is C14H17N3O4S2. The van der Waals surface area contributed by atoms with Crippen LogP contribution in [0.2, 0.25) is 0 Å². The summed E-state index contributed by atoms with van der Waals surface area (Å²) in [6.45, 7) is 4.48. The number of nitrogens with two attached hydrogens (primary N) is 1. The van der Waals surface area contributed by atoms with Gasteiger partial charge in [-0.05, 0) is 32.0 Å². The molecule has 1 fully saturated rings. The van der Waals surface area contributed by atoms with Crippen molar-refractivity contribution in [1.29, 1.82) is 0 Å². The highest BCUT2D eigenvalue weighted by Gasteiger charge is 2.34. The van der Waals surface area contributed by atoms with Crippen LogP contribution >= 0.6 is 11.8 Å². The summed E-state index contributed by atoms with van der Waals surface area (Å²) in [5.74, 6) is -0.234. The number of carbonyl (C=O) groups is 1. The molecule has 23 heavy (non-hydrogen) atoms. The average Bonchev–Trinajstić information content (AvgIpc) is 2.96. The van der Waals surface area contributed by atoms with Crippen molar-refractivity contribution in [2.45, 2.75) is 48.2 Å². The van der Waals surface area contributed by atoms with Crippen molar-refractivity contribution in [1.82, 2.24) is 9.55 Å². The third-order valence-electron chi connectivity index (χ3n) is 3.70. The van der Waals surface area contributed by atoms with Crippen LogP contribution in [0.4, 0.5) is 0 Å². The number of benzene rings is 1. The molecule has 1 aromatic heterocycles. The third kappa shape index (κ3) is 3.08. The van der Waals surface area contributed by atoms with Gasteiger partial charge in [0.25, 0.3) is 0 Å². The number of carbonyl (C=O) groups excluding carboxylic acids is 1. The number of hydrogen-bond acceptors (Lipinski definition) is 6. The zero-order chi connectivity index (χ0) is 16.8. The summed E-state index contributed by atoms with van der Waals surface area (Å²) in [6.07, 6.45) is 0.548. The van der Waals surface area contributed by atoms with Crippen molar-refractivity contribution < 1.29 is 17.9 Å². The maximum absolute atomic E-state index is 11.8. The maximum atomic E-state index is 11.8. The van der Waals surface area contributed by atoms with E-state index in [9.17, 15) is 13.2 Å². The van der Waals surface area contributed by atoms with Crippen molar-refractivity contribution in [3.05, 3.63) is 18.2 Å². The molecule has 0 radical (unpaired) electrons. The lowest BCUT2D eigenvalue weighted by molar-refractivity contribution is -0.140. The molecule has 1 saturated heterocycles. The molecule has 7 nitrogen and oxygen atoms in total. The number of rotatable bonds is 4. The summed E-state index contributed by atoms with van der Waals surface area (Å²) in [6, 6.07) is 4.60. The number of cyclic esters (lactones) is 1. The minimum atomic E-state index is -3.77. The Morgan fingerprint density at radius 1 is 1.48 bits per heavy atom. The summed E-state index contributed by atoms with van der Waals surface area (Å²) < 4.78 is 30.1. The number of thioether (sulfide) groups is 1. The Labute approximate surface area is 138 Å². The van der Waals surface area contributed by atoms with Gasteiger partial charge >= 0.3 is 5.97 Å². The number of nitrogens with zero attached hydrogens (tertiary/aromatic N) is 2. The molecule has 9 heteroatoms. The zero-order valence-corrected chi connectivity index (χ0v) is 14.4. The average molecular weight is 355 g/mol. The van der Waals surface area contributed by atoms with E-state index < -0.39 is 10.0 Å². The number of primary sulfonamides is 1. The molecule has 1 aliphatic heterocycles. The quantitative estimate of drug-likeness (QED) is 0.834. The minimum absolute atomic E-state index is 0.0243. The Morgan fingerprint density at radius 2 is 2.22 bits per heavy atom. The number of imidazole rings is 1. The number of sulfonamides is 1. The maximum Gasteiger partial charge on any atom is 0.319 e. The van der Waals surface area contributed by atoms with E-state index in [4.69, 9.17) is 9.88 Å². The van der Waals surface area contributed by atoms with Crippen LogP contribution in [-0.4, -0.2) is 35.3 Å². The highest BCUT2D eigenvalue weighted by molar-refractivity contribution is 8.00. The fourth-order valence-electron chi connectivity index (χ4n) is 2.60. The second kappa shape index (κ2) is 5.81. The molecule has 0 bridgehead atoms. The SMILES string of the molecule is CCn1c(S[C@@H]2C[C@H](C)OC2=O)nc2cc(S(N)(=O)=O)ccc21. The molecule has 0 saturated carbocycles. The van der Waals surface area contributed by atoms with Gasteiger partial charge in [-0.25, -0.2) is 18.5 Å². The molecule has 2 N–H and O–H groups in total. The van der Waals surface area contributed by atoms with Crippen molar-refractivity contribution in [3.63, 3.8) is 0 Å². The van der Waals surface area contributed by atoms with Gasteiger partial charge < -0.3 is 9.30 Å². The second-order valence-electron chi connectivity index (χ2n) is 5.42. The summed E-state index contributed by atoms with van der Waals surface area (Å²) in [4.78, 5) is 16.3. The molecule has 1 aromatic carbocycles. The lowest BCUT2D eigenvalue weighted by Crippen LogP contribution is -2.11. The number of aryl methyl sites for hydroxylation is 1. The lowest BCUT2D eigenvalue weighted by Gasteiger charge is -2.07. The molecule has 0 amide bonds. The first kappa shape index (κ1) is 16.3. The van der Waals surface area contributed by atoms with E-state index in [1.807, 2.05) is 18.4 Å². The molecule has 124 valence electrons. The number of esters is 1. The molecule has 0 aliphatic carbocycles. The van der Waals surface area contributed by atoms with E-state index in [0.717, 1.165) is 5.52 Å². The Morgan fingerprint density at radius 3 is 2.78 bits per heavy atom. The number of hydrogen-bond donors (Lipinski definition) is 1. The largest absolute Gasteiger partial charge is 0.462 e. The van der Waals surface area contributed by atoms with E-state index in [1.54, 1.807) is 6.07 Å². The van der Waals surface area contributed by atoms with Crippen LogP contribution in [0.5, 0.6) is 0 Å². The van der Waals surface area contributed by atoms with E-state index in [0.29, 0.717) is 23.6 Å². The lowest BCUT2D eigenvalue weighted by atomic mass is 10.3. The smallest absolute Gasteiger partial charge is 0.319 e. The Kier molecular flexibility index (Phi) is 4.11. The van der Waals surface area contributed by atoms with Crippen molar-refractivity contribution in [2.75, 3.05) is 0 Å². The van der Waals surface area contributed by atoms with Crippen LogP contribution in [0.15, 0.2) is 28.3 Å². The zero-order valence-electron chi connectivity index (χ0n) is 12.7. The van der Waals surface area contributed by atoms with Gasteiger partial charge in [0, 0.05) is 13.0 Å². The monoisotopic (exact) mass is 355 g/mol. The van der Waals surface area contributed by atoms with Gasteiger partial charge in [-0.3, -0.25) is 4.79 Å². The van der Waals surface area contributed by atoms with E-state index in [1.165, 1.54) is 23.9 Å². The third-order valence-corrected chi connectivity index (χ3v) is 5.81. The Balaban J connectivity index is 2.02. The number of fused-ring (bicyclic) bond motifs is 1. The fourth-order valence-corrected chi connectivity index (χ4v) is 4.42. The van der Waals surface area contributed by atoms with E-state index >= 15 is 0 Å². The Bertz CT molecular complexity index is 876. The summed E-state index contributed by atoms with van der Waals surface area (Å²) in [5, 5.41) is 5.55. The van der Waals surface area contributed by atoms with Gasteiger partial charge in [0.1, 0.15) is 11.4 Å².